The third-order valence-electron chi connectivity index (χ3n) is 5.44. The Labute approximate surface area is 167 Å². The van der Waals surface area contributed by atoms with Gasteiger partial charge < -0.3 is 10.1 Å². The number of thiophene rings is 1. The number of benzene rings is 1. The fraction of sp³-hybridized carbons (Fsp3) is 0.273. The van der Waals surface area contributed by atoms with Gasteiger partial charge in [0.25, 0.3) is 5.56 Å². The molecule has 0 bridgehead atoms. The van der Waals surface area contributed by atoms with Gasteiger partial charge in [-0.2, -0.15) is 0 Å². The Kier molecular flexibility index (Phi) is 4.91. The van der Waals surface area contributed by atoms with Crippen LogP contribution in [0.4, 0.5) is 0 Å². The van der Waals surface area contributed by atoms with Crippen molar-refractivity contribution in [2.45, 2.75) is 26.8 Å². The van der Waals surface area contributed by atoms with Crippen molar-refractivity contribution in [2.75, 3.05) is 13.1 Å². The van der Waals surface area contributed by atoms with Crippen LogP contribution in [0.1, 0.15) is 32.5 Å². The molecule has 4 aromatic rings. The van der Waals surface area contributed by atoms with Gasteiger partial charge in [0.1, 0.15) is 10.4 Å². The molecule has 1 unspecified atom stereocenters. The Morgan fingerprint density at radius 3 is 2.64 bits per heavy atom. The van der Waals surface area contributed by atoms with Gasteiger partial charge in [0.2, 0.25) is 0 Å². The Morgan fingerprint density at radius 2 is 1.96 bits per heavy atom. The third-order valence-corrected chi connectivity index (χ3v) is 6.35. The molecule has 144 valence electrons. The van der Waals surface area contributed by atoms with E-state index in [0.29, 0.717) is 15.8 Å². The summed E-state index contributed by atoms with van der Waals surface area (Å²) in [5.74, 6) is 0.179. The minimum Gasteiger partial charge on any atom is -0.507 e. The first-order valence-electron chi connectivity index (χ1n) is 9.50. The molecule has 5 nitrogen and oxygen atoms in total. The van der Waals surface area contributed by atoms with E-state index in [1.54, 1.807) is 12.1 Å². The van der Waals surface area contributed by atoms with Gasteiger partial charge in [-0.1, -0.05) is 19.9 Å². The van der Waals surface area contributed by atoms with Crippen LogP contribution in [0.2, 0.25) is 0 Å². The lowest BCUT2D eigenvalue weighted by atomic mass is 9.98. The van der Waals surface area contributed by atoms with Crippen molar-refractivity contribution in [3.05, 3.63) is 58.0 Å². The van der Waals surface area contributed by atoms with E-state index in [4.69, 9.17) is 0 Å². The molecule has 4 rings (SSSR count). The standard InChI is InChI=1S/C22H23N3O2S/c1-4-25(5-2)13(3)16-7-6-14(12-23-16)19-18(26)9-8-17-20(19)15-10-11-28-21(15)22(27)24-17/h6-13,26H,4-5H2,1-3H3,(H,24,27). The lowest BCUT2D eigenvalue weighted by Crippen LogP contribution is -2.26. The molecule has 0 saturated heterocycles. The number of H-pyrrole nitrogens is 1. The van der Waals surface area contributed by atoms with Gasteiger partial charge in [-0.05, 0) is 49.7 Å². The Hall–Kier alpha value is -2.70. The minimum atomic E-state index is -0.101. The molecule has 1 aromatic carbocycles. The van der Waals surface area contributed by atoms with Gasteiger partial charge in [0.05, 0.1) is 5.69 Å². The topological polar surface area (TPSA) is 69.2 Å². The molecule has 3 heterocycles. The van der Waals surface area contributed by atoms with E-state index in [9.17, 15) is 9.90 Å². The molecule has 0 aliphatic carbocycles. The van der Waals surface area contributed by atoms with E-state index in [1.165, 1.54) is 11.3 Å². The van der Waals surface area contributed by atoms with Crippen LogP contribution in [-0.2, 0) is 0 Å². The van der Waals surface area contributed by atoms with Crippen molar-refractivity contribution >= 4 is 32.3 Å². The van der Waals surface area contributed by atoms with Crippen molar-refractivity contribution in [1.29, 1.82) is 0 Å². The molecule has 0 fully saturated rings. The van der Waals surface area contributed by atoms with Crippen molar-refractivity contribution in [2.24, 2.45) is 0 Å². The van der Waals surface area contributed by atoms with Crippen molar-refractivity contribution in [3.63, 3.8) is 0 Å². The normalized spacial score (nSPS) is 12.9. The number of aromatic amines is 1. The van der Waals surface area contributed by atoms with Gasteiger partial charge in [0, 0.05) is 39.7 Å². The van der Waals surface area contributed by atoms with Crippen LogP contribution in [0.15, 0.2) is 46.7 Å². The van der Waals surface area contributed by atoms with E-state index >= 15 is 0 Å². The summed E-state index contributed by atoms with van der Waals surface area (Å²) in [6, 6.07) is 9.55. The van der Waals surface area contributed by atoms with Crippen molar-refractivity contribution < 1.29 is 5.11 Å². The van der Waals surface area contributed by atoms with Crippen LogP contribution < -0.4 is 5.56 Å². The van der Waals surface area contributed by atoms with Gasteiger partial charge in [-0.3, -0.25) is 14.7 Å². The zero-order valence-corrected chi connectivity index (χ0v) is 17.0. The zero-order chi connectivity index (χ0) is 19.8. The summed E-state index contributed by atoms with van der Waals surface area (Å²) < 4.78 is 0.666. The fourth-order valence-corrected chi connectivity index (χ4v) is 4.68. The van der Waals surface area contributed by atoms with Crippen molar-refractivity contribution in [1.82, 2.24) is 14.9 Å². The smallest absolute Gasteiger partial charge is 0.266 e. The molecule has 0 aliphatic rings. The molecular formula is C22H23N3O2S. The van der Waals surface area contributed by atoms with Crippen molar-refractivity contribution in [3.8, 4) is 16.9 Å². The second-order valence-corrected chi connectivity index (χ2v) is 7.78. The molecule has 0 amide bonds. The number of nitrogens with one attached hydrogen (secondary N) is 1. The number of pyridine rings is 2. The van der Waals surface area contributed by atoms with E-state index in [-0.39, 0.29) is 17.4 Å². The first kappa shape index (κ1) is 18.7. The number of phenolic OH excluding ortho intramolecular Hbond substituents is 1. The number of fused-ring (bicyclic) bond motifs is 3. The second kappa shape index (κ2) is 7.37. The maximum Gasteiger partial charge on any atom is 0.266 e. The number of hydrogen-bond donors (Lipinski definition) is 2. The maximum atomic E-state index is 12.3. The van der Waals surface area contributed by atoms with Gasteiger partial charge in [-0.15, -0.1) is 11.3 Å². The van der Waals surface area contributed by atoms with E-state index in [0.717, 1.165) is 35.1 Å². The lowest BCUT2D eigenvalue weighted by molar-refractivity contribution is 0.230. The number of aromatic nitrogens is 2. The van der Waals surface area contributed by atoms with Crippen LogP contribution in [0.3, 0.4) is 0 Å². The SMILES string of the molecule is CCN(CC)C(C)c1ccc(-c2c(O)ccc3[nH]c(=O)c4sccc4c23)cn1. The summed E-state index contributed by atoms with van der Waals surface area (Å²) in [5, 5.41) is 14.3. The molecule has 0 saturated carbocycles. The molecule has 0 aliphatic heterocycles. The number of rotatable bonds is 5. The average molecular weight is 394 g/mol. The summed E-state index contributed by atoms with van der Waals surface area (Å²) in [4.78, 5) is 22.3. The van der Waals surface area contributed by atoms with Crippen LogP contribution in [0, 0.1) is 0 Å². The highest BCUT2D eigenvalue weighted by Crippen LogP contribution is 2.39. The molecule has 28 heavy (non-hydrogen) atoms. The molecule has 0 radical (unpaired) electrons. The highest BCUT2D eigenvalue weighted by Gasteiger charge is 2.17. The fourth-order valence-electron chi connectivity index (χ4n) is 3.89. The maximum absolute atomic E-state index is 12.3. The number of phenols is 1. The van der Waals surface area contributed by atoms with E-state index in [2.05, 4.69) is 35.6 Å². The monoisotopic (exact) mass is 393 g/mol. The molecule has 6 heteroatoms. The first-order chi connectivity index (χ1) is 13.5. The molecule has 2 N–H and O–H groups in total. The second-order valence-electron chi connectivity index (χ2n) is 6.87. The van der Waals surface area contributed by atoms with E-state index < -0.39 is 0 Å². The molecule has 3 aromatic heterocycles. The number of nitrogens with zero attached hydrogens (tertiary/aromatic N) is 2. The summed E-state index contributed by atoms with van der Waals surface area (Å²) in [6.07, 6.45) is 1.81. The molecule has 0 spiro atoms. The largest absolute Gasteiger partial charge is 0.507 e. The van der Waals surface area contributed by atoms with Crippen LogP contribution in [0.25, 0.3) is 32.1 Å². The zero-order valence-electron chi connectivity index (χ0n) is 16.2. The van der Waals surface area contributed by atoms with Crippen LogP contribution >= 0.6 is 11.3 Å². The summed E-state index contributed by atoms with van der Waals surface area (Å²) >= 11 is 1.41. The average Bonchev–Trinajstić information content (AvgIpc) is 3.20. The Balaban J connectivity index is 1.89. The lowest BCUT2D eigenvalue weighted by Gasteiger charge is -2.25. The number of hydrogen-bond acceptors (Lipinski definition) is 5. The third kappa shape index (κ3) is 2.99. The Bertz CT molecular complexity index is 1190. The highest BCUT2D eigenvalue weighted by molar-refractivity contribution is 7.17. The highest BCUT2D eigenvalue weighted by atomic mass is 32.1. The molecular weight excluding hydrogens is 370 g/mol. The predicted octanol–water partition coefficient (Wildman–Crippen LogP) is 4.91. The summed E-state index contributed by atoms with van der Waals surface area (Å²) in [5.41, 5.74) is 3.14. The minimum absolute atomic E-state index is 0.101. The number of aromatic hydroxyl groups is 1. The van der Waals surface area contributed by atoms with E-state index in [1.807, 2.05) is 29.8 Å². The molecule has 1 atom stereocenters. The van der Waals surface area contributed by atoms with Gasteiger partial charge in [0.15, 0.2) is 0 Å². The first-order valence-corrected chi connectivity index (χ1v) is 10.4. The summed E-state index contributed by atoms with van der Waals surface area (Å²) in [7, 11) is 0. The van der Waals surface area contributed by atoms with Crippen LogP contribution in [-0.4, -0.2) is 33.1 Å². The quantitative estimate of drug-likeness (QED) is 0.505. The van der Waals surface area contributed by atoms with Crippen LogP contribution in [0.5, 0.6) is 5.75 Å². The summed E-state index contributed by atoms with van der Waals surface area (Å²) in [6.45, 7) is 8.39. The van der Waals surface area contributed by atoms with Gasteiger partial charge >= 0.3 is 0 Å². The predicted molar refractivity (Wildman–Crippen MR) is 116 cm³/mol. The van der Waals surface area contributed by atoms with Gasteiger partial charge in [-0.25, -0.2) is 0 Å². The Morgan fingerprint density at radius 1 is 1.18 bits per heavy atom.